The number of fused-ring (bicyclic) bond motifs is 1. The summed E-state index contributed by atoms with van der Waals surface area (Å²) >= 11 is 0. The second kappa shape index (κ2) is 5.50. The summed E-state index contributed by atoms with van der Waals surface area (Å²) < 4.78 is 0. The van der Waals surface area contributed by atoms with Crippen LogP contribution >= 0.6 is 0 Å². The van der Waals surface area contributed by atoms with Crippen LogP contribution in [-0.2, 0) is 22.6 Å². The van der Waals surface area contributed by atoms with Crippen molar-refractivity contribution in [1.29, 1.82) is 0 Å². The second-order valence-electron chi connectivity index (χ2n) is 4.89. The SMILES string of the molecule is CC(CCN)C(=O)N1C(=O)Cc2cc(CN)ccc21. The predicted octanol–water partition coefficient (Wildman–Crippen LogP) is 0.546. The molecule has 0 saturated heterocycles. The van der Waals surface area contributed by atoms with Crippen LogP contribution in [0.4, 0.5) is 5.69 Å². The molecule has 5 heteroatoms. The molecule has 0 bridgehead atoms. The van der Waals surface area contributed by atoms with E-state index in [0.717, 1.165) is 11.1 Å². The molecule has 1 aromatic carbocycles. The standard InChI is InChI=1S/C14H19N3O2/c1-9(4-5-15)14(19)17-12-3-2-10(8-16)6-11(12)7-13(17)18/h2-3,6,9H,4-5,7-8,15-16H2,1H3. The second-order valence-corrected chi connectivity index (χ2v) is 4.89. The van der Waals surface area contributed by atoms with E-state index in [9.17, 15) is 9.59 Å². The molecule has 0 fully saturated rings. The molecule has 0 aromatic heterocycles. The molecule has 2 rings (SSSR count). The zero-order valence-electron chi connectivity index (χ0n) is 11.1. The van der Waals surface area contributed by atoms with Gasteiger partial charge in [-0.2, -0.15) is 0 Å². The van der Waals surface area contributed by atoms with Crippen LogP contribution in [0.25, 0.3) is 0 Å². The number of hydrogen-bond donors (Lipinski definition) is 2. The third-order valence-corrected chi connectivity index (χ3v) is 3.45. The van der Waals surface area contributed by atoms with Gasteiger partial charge in [0.1, 0.15) is 0 Å². The van der Waals surface area contributed by atoms with Gasteiger partial charge >= 0.3 is 0 Å². The number of benzene rings is 1. The lowest BCUT2D eigenvalue weighted by Gasteiger charge is -2.19. The highest BCUT2D eigenvalue weighted by atomic mass is 16.2. The minimum absolute atomic E-state index is 0.168. The van der Waals surface area contributed by atoms with Crippen LogP contribution in [-0.4, -0.2) is 18.4 Å². The van der Waals surface area contributed by atoms with Gasteiger partial charge in [-0.3, -0.25) is 9.59 Å². The third-order valence-electron chi connectivity index (χ3n) is 3.45. The van der Waals surface area contributed by atoms with E-state index < -0.39 is 0 Å². The van der Waals surface area contributed by atoms with Crippen molar-refractivity contribution in [2.24, 2.45) is 17.4 Å². The fourth-order valence-corrected chi connectivity index (χ4v) is 2.34. The molecule has 1 aliphatic heterocycles. The van der Waals surface area contributed by atoms with E-state index in [1.807, 2.05) is 12.1 Å². The first kappa shape index (κ1) is 13.7. The topological polar surface area (TPSA) is 89.4 Å². The molecule has 19 heavy (non-hydrogen) atoms. The lowest BCUT2D eigenvalue weighted by molar-refractivity contribution is -0.127. The summed E-state index contributed by atoms with van der Waals surface area (Å²) in [5.74, 6) is -0.582. The molecule has 1 aliphatic rings. The number of nitrogens with two attached hydrogens (primary N) is 2. The maximum atomic E-state index is 12.3. The fraction of sp³-hybridized carbons (Fsp3) is 0.429. The monoisotopic (exact) mass is 261 g/mol. The Morgan fingerprint density at radius 2 is 2.16 bits per heavy atom. The minimum Gasteiger partial charge on any atom is -0.330 e. The van der Waals surface area contributed by atoms with Gasteiger partial charge in [-0.25, -0.2) is 4.90 Å². The highest BCUT2D eigenvalue weighted by molar-refractivity contribution is 6.19. The van der Waals surface area contributed by atoms with Crippen molar-refractivity contribution in [3.05, 3.63) is 29.3 Å². The third kappa shape index (κ3) is 2.52. The van der Waals surface area contributed by atoms with Gasteiger partial charge in [-0.05, 0) is 30.2 Å². The lowest BCUT2D eigenvalue weighted by Crippen LogP contribution is -2.38. The van der Waals surface area contributed by atoms with Gasteiger partial charge in [0.05, 0.1) is 12.1 Å². The van der Waals surface area contributed by atoms with E-state index >= 15 is 0 Å². The molecular weight excluding hydrogens is 242 g/mol. The number of anilines is 1. The Labute approximate surface area is 112 Å². The summed E-state index contributed by atoms with van der Waals surface area (Å²) in [7, 11) is 0. The first-order chi connectivity index (χ1) is 9.08. The summed E-state index contributed by atoms with van der Waals surface area (Å²) in [4.78, 5) is 25.6. The number of carbonyl (C=O) groups is 2. The first-order valence-corrected chi connectivity index (χ1v) is 6.47. The van der Waals surface area contributed by atoms with Crippen LogP contribution in [0.5, 0.6) is 0 Å². The summed E-state index contributed by atoms with van der Waals surface area (Å²) in [6.07, 6.45) is 0.850. The van der Waals surface area contributed by atoms with Crippen molar-refractivity contribution in [2.45, 2.75) is 26.3 Å². The number of imide groups is 1. The average Bonchev–Trinajstić information content (AvgIpc) is 2.72. The Balaban J connectivity index is 2.30. The van der Waals surface area contributed by atoms with Gasteiger partial charge in [-0.15, -0.1) is 0 Å². The van der Waals surface area contributed by atoms with Crippen molar-refractivity contribution >= 4 is 17.5 Å². The van der Waals surface area contributed by atoms with Crippen molar-refractivity contribution in [3.8, 4) is 0 Å². The number of amides is 2. The summed E-state index contributed by atoms with van der Waals surface area (Å²) in [5, 5.41) is 0. The molecule has 4 N–H and O–H groups in total. The lowest BCUT2D eigenvalue weighted by atomic mass is 10.1. The van der Waals surface area contributed by atoms with E-state index in [1.54, 1.807) is 13.0 Å². The largest absolute Gasteiger partial charge is 0.330 e. The van der Waals surface area contributed by atoms with Crippen LogP contribution in [0.3, 0.4) is 0 Å². The van der Waals surface area contributed by atoms with E-state index in [-0.39, 0.29) is 24.2 Å². The van der Waals surface area contributed by atoms with E-state index in [2.05, 4.69) is 0 Å². The number of carbonyl (C=O) groups excluding carboxylic acids is 2. The summed E-state index contributed by atoms with van der Waals surface area (Å²) in [6, 6.07) is 5.55. The normalized spacial score (nSPS) is 15.5. The van der Waals surface area contributed by atoms with Gasteiger partial charge in [0.2, 0.25) is 11.8 Å². The van der Waals surface area contributed by atoms with Gasteiger partial charge in [-0.1, -0.05) is 19.1 Å². The highest BCUT2D eigenvalue weighted by Gasteiger charge is 2.34. The van der Waals surface area contributed by atoms with Crippen LogP contribution in [0.1, 0.15) is 24.5 Å². The van der Waals surface area contributed by atoms with Crippen molar-refractivity contribution in [3.63, 3.8) is 0 Å². The predicted molar refractivity (Wildman–Crippen MR) is 73.4 cm³/mol. The number of nitrogens with zero attached hydrogens (tertiary/aromatic N) is 1. The molecule has 102 valence electrons. The zero-order chi connectivity index (χ0) is 14.0. The van der Waals surface area contributed by atoms with Crippen LogP contribution in [0.15, 0.2) is 18.2 Å². The molecular formula is C14H19N3O2. The molecule has 1 aromatic rings. The van der Waals surface area contributed by atoms with Crippen molar-refractivity contribution < 1.29 is 9.59 Å². The molecule has 2 amide bonds. The molecule has 1 unspecified atom stereocenters. The van der Waals surface area contributed by atoms with Crippen LogP contribution in [0.2, 0.25) is 0 Å². The Morgan fingerprint density at radius 1 is 1.42 bits per heavy atom. The molecule has 0 saturated carbocycles. The smallest absolute Gasteiger partial charge is 0.238 e. The van der Waals surface area contributed by atoms with Crippen LogP contribution < -0.4 is 16.4 Å². The molecule has 0 radical (unpaired) electrons. The molecule has 1 heterocycles. The van der Waals surface area contributed by atoms with Crippen molar-refractivity contribution in [1.82, 2.24) is 0 Å². The maximum absolute atomic E-state index is 12.3. The number of hydrogen-bond acceptors (Lipinski definition) is 4. The van der Waals surface area contributed by atoms with Gasteiger partial charge in [0.15, 0.2) is 0 Å². The van der Waals surface area contributed by atoms with Gasteiger partial charge in [0, 0.05) is 12.5 Å². The van der Waals surface area contributed by atoms with E-state index in [4.69, 9.17) is 11.5 Å². The molecule has 1 atom stereocenters. The molecule has 5 nitrogen and oxygen atoms in total. The number of rotatable bonds is 4. The van der Waals surface area contributed by atoms with Crippen LogP contribution in [0, 0.1) is 5.92 Å². The summed E-state index contributed by atoms with van der Waals surface area (Å²) in [5.41, 5.74) is 13.6. The van der Waals surface area contributed by atoms with E-state index in [1.165, 1.54) is 4.90 Å². The quantitative estimate of drug-likeness (QED) is 0.828. The van der Waals surface area contributed by atoms with Gasteiger partial charge < -0.3 is 11.5 Å². The zero-order valence-corrected chi connectivity index (χ0v) is 11.1. The fourth-order valence-electron chi connectivity index (χ4n) is 2.34. The maximum Gasteiger partial charge on any atom is 0.238 e. The Kier molecular flexibility index (Phi) is 3.97. The Morgan fingerprint density at radius 3 is 2.79 bits per heavy atom. The highest BCUT2D eigenvalue weighted by Crippen LogP contribution is 2.31. The Bertz CT molecular complexity index is 513. The first-order valence-electron chi connectivity index (χ1n) is 6.47. The summed E-state index contributed by atoms with van der Waals surface area (Å²) in [6.45, 7) is 2.67. The minimum atomic E-state index is -0.242. The molecule has 0 aliphatic carbocycles. The van der Waals surface area contributed by atoms with Gasteiger partial charge in [0.25, 0.3) is 0 Å². The van der Waals surface area contributed by atoms with E-state index in [0.29, 0.717) is 25.2 Å². The molecule has 0 spiro atoms. The average molecular weight is 261 g/mol. The van der Waals surface area contributed by atoms with Crippen molar-refractivity contribution in [2.75, 3.05) is 11.4 Å². The Hall–Kier alpha value is -1.72.